The maximum Gasteiger partial charge on any atom is 0.312 e. The van der Waals surface area contributed by atoms with Crippen LogP contribution in [-0.2, 0) is 17.8 Å². The number of benzene rings is 1. The molecule has 4 heteroatoms. The molecule has 1 aromatic carbocycles. The number of fused-ring (bicyclic) bond motifs is 1. The van der Waals surface area contributed by atoms with Crippen molar-refractivity contribution in [1.82, 2.24) is 4.57 Å². The average molecular weight is 269 g/mol. The summed E-state index contributed by atoms with van der Waals surface area (Å²) in [6.07, 6.45) is 0.916. The van der Waals surface area contributed by atoms with Gasteiger partial charge in [-0.2, -0.15) is 0 Å². The first-order chi connectivity index (χ1) is 9.66. The van der Waals surface area contributed by atoms with Crippen molar-refractivity contribution >= 4 is 11.8 Å². The van der Waals surface area contributed by atoms with Crippen molar-refractivity contribution in [3.63, 3.8) is 0 Å². The molecule has 1 atom stereocenters. The minimum Gasteiger partial charge on any atom is -0.481 e. The number of carbonyl (C=O) groups excluding carboxylic acids is 1. The molecule has 0 saturated carbocycles. The van der Waals surface area contributed by atoms with Crippen LogP contribution in [0.4, 0.5) is 0 Å². The minimum atomic E-state index is -0.816. The maximum absolute atomic E-state index is 12.3. The van der Waals surface area contributed by atoms with E-state index in [4.69, 9.17) is 5.11 Å². The van der Waals surface area contributed by atoms with Crippen LogP contribution in [0.15, 0.2) is 42.5 Å². The number of rotatable bonds is 4. The summed E-state index contributed by atoms with van der Waals surface area (Å²) < 4.78 is 1.85. The molecule has 3 rings (SSSR count). The van der Waals surface area contributed by atoms with E-state index in [1.807, 2.05) is 34.9 Å². The van der Waals surface area contributed by atoms with Gasteiger partial charge in [0.15, 0.2) is 5.78 Å². The fourth-order valence-corrected chi connectivity index (χ4v) is 2.81. The van der Waals surface area contributed by atoms with Crippen molar-refractivity contribution < 1.29 is 14.7 Å². The van der Waals surface area contributed by atoms with Gasteiger partial charge in [-0.3, -0.25) is 9.59 Å². The molecule has 102 valence electrons. The van der Waals surface area contributed by atoms with E-state index in [1.165, 1.54) is 0 Å². The van der Waals surface area contributed by atoms with Gasteiger partial charge in [0.05, 0.1) is 11.6 Å². The molecule has 1 aliphatic rings. The van der Waals surface area contributed by atoms with Gasteiger partial charge in [-0.1, -0.05) is 30.3 Å². The highest BCUT2D eigenvalue weighted by Crippen LogP contribution is 2.31. The molecule has 4 nitrogen and oxygen atoms in total. The van der Waals surface area contributed by atoms with Crippen LogP contribution in [0, 0.1) is 0 Å². The standard InChI is InChI=1S/C16H15NO3/c18-15(10-11-4-2-1-3-5-11)14-7-6-13-12(16(19)20)8-9-17(13)14/h1-7,12H,8-10H2,(H,19,20). The SMILES string of the molecule is O=C(Cc1ccccc1)c1ccc2n1CCC2C(=O)O. The molecular weight excluding hydrogens is 254 g/mol. The lowest BCUT2D eigenvalue weighted by Crippen LogP contribution is -2.11. The van der Waals surface area contributed by atoms with Crippen LogP contribution in [-0.4, -0.2) is 21.4 Å². The number of carbonyl (C=O) groups is 2. The molecule has 0 amide bonds. The Morgan fingerprint density at radius 3 is 2.60 bits per heavy atom. The normalized spacial score (nSPS) is 16.9. The van der Waals surface area contributed by atoms with Gasteiger partial charge in [0.25, 0.3) is 0 Å². The second-order valence-electron chi connectivity index (χ2n) is 5.06. The van der Waals surface area contributed by atoms with Crippen LogP contribution in [0.2, 0.25) is 0 Å². The molecule has 1 aliphatic heterocycles. The van der Waals surface area contributed by atoms with Crippen LogP contribution in [0.1, 0.15) is 34.1 Å². The van der Waals surface area contributed by atoms with Crippen LogP contribution in [0.5, 0.6) is 0 Å². The summed E-state index contributed by atoms with van der Waals surface area (Å²) in [7, 11) is 0. The number of carboxylic acid groups (broad SMARTS) is 1. The van der Waals surface area contributed by atoms with Gasteiger partial charge in [0, 0.05) is 18.7 Å². The summed E-state index contributed by atoms with van der Waals surface area (Å²) in [5.41, 5.74) is 2.34. The summed E-state index contributed by atoms with van der Waals surface area (Å²) in [6.45, 7) is 0.606. The molecule has 0 aliphatic carbocycles. The Balaban J connectivity index is 1.84. The zero-order chi connectivity index (χ0) is 14.1. The largest absolute Gasteiger partial charge is 0.481 e. The first-order valence-electron chi connectivity index (χ1n) is 6.66. The molecule has 0 fully saturated rings. The van der Waals surface area contributed by atoms with Gasteiger partial charge in [0.1, 0.15) is 0 Å². The number of aliphatic carboxylic acids is 1. The molecule has 1 aromatic heterocycles. The minimum absolute atomic E-state index is 0.0356. The Hall–Kier alpha value is -2.36. The van der Waals surface area contributed by atoms with E-state index < -0.39 is 11.9 Å². The third-order valence-electron chi connectivity index (χ3n) is 3.80. The van der Waals surface area contributed by atoms with E-state index in [9.17, 15) is 9.59 Å². The lowest BCUT2D eigenvalue weighted by Gasteiger charge is -2.05. The van der Waals surface area contributed by atoms with E-state index in [0.29, 0.717) is 25.1 Å². The van der Waals surface area contributed by atoms with Crippen molar-refractivity contribution in [3.8, 4) is 0 Å². The second-order valence-corrected chi connectivity index (χ2v) is 5.06. The average Bonchev–Trinajstić information content (AvgIpc) is 3.00. The molecule has 20 heavy (non-hydrogen) atoms. The van der Waals surface area contributed by atoms with Gasteiger partial charge in [0.2, 0.25) is 0 Å². The van der Waals surface area contributed by atoms with Gasteiger partial charge < -0.3 is 9.67 Å². The monoisotopic (exact) mass is 269 g/mol. The van der Waals surface area contributed by atoms with E-state index in [1.54, 1.807) is 12.1 Å². The summed E-state index contributed by atoms with van der Waals surface area (Å²) in [5.74, 6) is -1.26. The lowest BCUT2D eigenvalue weighted by atomic mass is 10.1. The Morgan fingerprint density at radius 1 is 1.15 bits per heavy atom. The molecule has 0 spiro atoms. The number of ketones is 1. The molecule has 1 unspecified atom stereocenters. The van der Waals surface area contributed by atoms with Gasteiger partial charge in [-0.25, -0.2) is 0 Å². The highest BCUT2D eigenvalue weighted by Gasteiger charge is 2.31. The van der Waals surface area contributed by atoms with Crippen LogP contribution < -0.4 is 0 Å². The van der Waals surface area contributed by atoms with Crippen molar-refractivity contribution in [3.05, 3.63) is 59.4 Å². The molecule has 2 aromatic rings. The van der Waals surface area contributed by atoms with E-state index in [-0.39, 0.29) is 5.78 Å². The number of nitrogens with zero attached hydrogens (tertiary/aromatic N) is 1. The zero-order valence-electron chi connectivity index (χ0n) is 11.0. The van der Waals surface area contributed by atoms with Gasteiger partial charge >= 0.3 is 5.97 Å². The zero-order valence-corrected chi connectivity index (χ0v) is 11.0. The maximum atomic E-state index is 12.3. The number of aromatic nitrogens is 1. The predicted octanol–water partition coefficient (Wildman–Crippen LogP) is 2.49. The lowest BCUT2D eigenvalue weighted by molar-refractivity contribution is -0.138. The summed E-state index contributed by atoms with van der Waals surface area (Å²) in [5, 5.41) is 9.14. The Kier molecular flexibility index (Phi) is 3.14. The number of carboxylic acids is 1. The van der Waals surface area contributed by atoms with Gasteiger partial charge in [-0.05, 0) is 24.1 Å². The van der Waals surface area contributed by atoms with Crippen molar-refractivity contribution in [2.45, 2.75) is 25.3 Å². The number of Topliss-reactive ketones (excluding diaryl/α,β-unsaturated/α-hetero) is 1. The first-order valence-corrected chi connectivity index (χ1v) is 6.66. The second kappa shape index (κ2) is 4.96. The molecule has 0 radical (unpaired) electrons. The van der Waals surface area contributed by atoms with Crippen molar-refractivity contribution in [2.75, 3.05) is 0 Å². The highest BCUT2D eigenvalue weighted by atomic mass is 16.4. The molecule has 2 heterocycles. The van der Waals surface area contributed by atoms with E-state index in [2.05, 4.69) is 0 Å². The summed E-state index contributed by atoms with van der Waals surface area (Å²) >= 11 is 0. The van der Waals surface area contributed by atoms with E-state index >= 15 is 0 Å². The third kappa shape index (κ3) is 2.13. The first kappa shape index (κ1) is 12.7. The van der Waals surface area contributed by atoms with Gasteiger partial charge in [-0.15, -0.1) is 0 Å². The summed E-state index contributed by atoms with van der Waals surface area (Å²) in [4.78, 5) is 23.5. The highest BCUT2D eigenvalue weighted by molar-refractivity contribution is 5.96. The number of hydrogen-bond acceptors (Lipinski definition) is 2. The summed E-state index contributed by atoms with van der Waals surface area (Å²) in [6, 6.07) is 13.1. The van der Waals surface area contributed by atoms with E-state index in [0.717, 1.165) is 11.3 Å². The Morgan fingerprint density at radius 2 is 1.90 bits per heavy atom. The Bertz CT molecular complexity index is 658. The topological polar surface area (TPSA) is 59.3 Å². The predicted molar refractivity (Wildman–Crippen MR) is 73.9 cm³/mol. The fraction of sp³-hybridized carbons (Fsp3) is 0.250. The molecular formula is C16H15NO3. The molecule has 0 saturated heterocycles. The molecule has 1 N–H and O–H groups in total. The molecule has 0 bridgehead atoms. The van der Waals surface area contributed by atoms with Crippen LogP contribution >= 0.6 is 0 Å². The van der Waals surface area contributed by atoms with Crippen LogP contribution in [0.25, 0.3) is 0 Å². The van der Waals surface area contributed by atoms with Crippen LogP contribution in [0.3, 0.4) is 0 Å². The smallest absolute Gasteiger partial charge is 0.312 e. The quantitative estimate of drug-likeness (QED) is 0.867. The fourth-order valence-electron chi connectivity index (χ4n) is 2.81. The van der Waals surface area contributed by atoms with Crippen molar-refractivity contribution in [1.29, 1.82) is 0 Å². The third-order valence-corrected chi connectivity index (χ3v) is 3.80. The van der Waals surface area contributed by atoms with Crippen molar-refractivity contribution in [2.24, 2.45) is 0 Å². The number of hydrogen-bond donors (Lipinski definition) is 1. The Labute approximate surface area is 116 Å².